The van der Waals surface area contributed by atoms with E-state index in [2.05, 4.69) is 38.1 Å². The number of ketones is 1. The van der Waals surface area contributed by atoms with Crippen LogP contribution in [-0.2, 0) is 11.2 Å². The summed E-state index contributed by atoms with van der Waals surface area (Å²) in [5.41, 5.74) is 2.59. The second kappa shape index (κ2) is 7.61. The molecule has 0 bridgehead atoms. The molecule has 0 radical (unpaired) electrons. The van der Waals surface area contributed by atoms with E-state index in [4.69, 9.17) is 0 Å². The summed E-state index contributed by atoms with van der Waals surface area (Å²) in [4.78, 5) is 12.4. The van der Waals surface area contributed by atoms with Crippen molar-refractivity contribution >= 4 is 5.78 Å². The zero-order valence-corrected chi connectivity index (χ0v) is 13.0. The Bertz CT molecular complexity index is 418. The number of benzene rings is 1. The highest BCUT2D eigenvalue weighted by Gasteiger charge is 2.29. The van der Waals surface area contributed by atoms with Crippen LogP contribution in [0.2, 0.25) is 0 Å². The molecule has 1 heteroatoms. The molecule has 2 rings (SSSR count). The third kappa shape index (κ3) is 3.94. The molecule has 1 aliphatic rings. The van der Waals surface area contributed by atoms with Crippen molar-refractivity contribution in [3.8, 4) is 0 Å². The van der Waals surface area contributed by atoms with Crippen molar-refractivity contribution in [2.24, 2.45) is 5.92 Å². The Morgan fingerprint density at radius 2 is 1.80 bits per heavy atom. The second-order valence-corrected chi connectivity index (χ2v) is 6.26. The van der Waals surface area contributed by atoms with Crippen LogP contribution in [0.15, 0.2) is 24.3 Å². The van der Waals surface area contributed by atoms with E-state index in [0.717, 1.165) is 19.3 Å². The van der Waals surface area contributed by atoms with Gasteiger partial charge in [-0.1, -0.05) is 63.8 Å². The smallest absolute Gasteiger partial charge is 0.140 e. The monoisotopic (exact) mass is 272 g/mol. The van der Waals surface area contributed by atoms with Crippen LogP contribution in [0.25, 0.3) is 0 Å². The van der Waals surface area contributed by atoms with Gasteiger partial charge in [-0.2, -0.15) is 0 Å². The molecular formula is C19H28O. The molecule has 0 heterocycles. The normalized spacial score (nSPS) is 23.0. The third-order valence-corrected chi connectivity index (χ3v) is 4.75. The fourth-order valence-corrected chi connectivity index (χ4v) is 3.36. The highest BCUT2D eigenvalue weighted by molar-refractivity contribution is 5.86. The minimum atomic E-state index is 0.170. The summed E-state index contributed by atoms with van der Waals surface area (Å²) in [7, 11) is 0. The predicted octanol–water partition coefficient (Wildman–Crippen LogP) is 5.28. The van der Waals surface area contributed by atoms with Gasteiger partial charge in [0.1, 0.15) is 5.78 Å². The molecule has 0 spiro atoms. The standard InChI is InChI=1S/C19H28O/c1-3-5-6-7-16-10-13-18(19(20)14-16)17-11-8-15(4-2)9-12-17/h8-9,11-12,16,18H,3-7,10,13-14H2,1-2H3/t16-,18+/m0/s1. The van der Waals surface area contributed by atoms with Crippen LogP contribution in [0.4, 0.5) is 0 Å². The number of unbranched alkanes of at least 4 members (excludes halogenated alkanes) is 2. The molecule has 1 saturated carbocycles. The molecule has 20 heavy (non-hydrogen) atoms. The lowest BCUT2D eigenvalue weighted by molar-refractivity contribution is -0.123. The molecule has 0 aliphatic heterocycles. The van der Waals surface area contributed by atoms with E-state index in [-0.39, 0.29) is 5.92 Å². The Morgan fingerprint density at radius 3 is 2.40 bits per heavy atom. The summed E-state index contributed by atoms with van der Waals surface area (Å²) in [6.45, 7) is 4.41. The minimum Gasteiger partial charge on any atom is -0.299 e. The lowest BCUT2D eigenvalue weighted by atomic mass is 9.76. The summed E-state index contributed by atoms with van der Waals surface area (Å²) in [6, 6.07) is 8.68. The maximum absolute atomic E-state index is 12.4. The van der Waals surface area contributed by atoms with Crippen LogP contribution in [0.3, 0.4) is 0 Å². The van der Waals surface area contributed by atoms with Gasteiger partial charge in [0.25, 0.3) is 0 Å². The van der Waals surface area contributed by atoms with Gasteiger partial charge in [-0.3, -0.25) is 4.79 Å². The van der Waals surface area contributed by atoms with E-state index >= 15 is 0 Å². The highest BCUT2D eigenvalue weighted by Crippen LogP contribution is 2.35. The SMILES string of the molecule is CCCCC[C@H]1CC[C@H](c2ccc(CC)cc2)C(=O)C1. The Hall–Kier alpha value is -1.11. The summed E-state index contributed by atoms with van der Waals surface area (Å²) in [5, 5.41) is 0. The summed E-state index contributed by atoms with van der Waals surface area (Å²) in [5.74, 6) is 1.30. The van der Waals surface area contributed by atoms with E-state index in [1.54, 1.807) is 0 Å². The number of carbonyl (C=O) groups is 1. The molecule has 0 unspecified atom stereocenters. The summed E-state index contributed by atoms with van der Waals surface area (Å²) >= 11 is 0. The lowest BCUT2D eigenvalue weighted by Gasteiger charge is -2.27. The fraction of sp³-hybridized carbons (Fsp3) is 0.632. The van der Waals surface area contributed by atoms with Crippen molar-refractivity contribution in [1.82, 2.24) is 0 Å². The molecule has 0 saturated heterocycles. The first kappa shape index (κ1) is 15.3. The molecule has 0 aromatic heterocycles. The van der Waals surface area contributed by atoms with E-state index in [9.17, 15) is 4.79 Å². The number of carbonyl (C=O) groups excluding carboxylic acids is 1. The largest absolute Gasteiger partial charge is 0.299 e. The van der Waals surface area contributed by atoms with Crippen LogP contribution in [0.1, 0.15) is 75.8 Å². The van der Waals surface area contributed by atoms with Gasteiger partial charge in [0.15, 0.2) is 0 Å². The Balaban J connectivity index is 1.90. The van der Waals surface area contributed by atoms with Gasteiger partial charge in [0.05, 0.1) is 0 Å². The average Bonchev–Trinajstić information content (AvgIpc) is 2.48. The topological polar surface area (TPSA) is 17.1 Å². The van der Waals surface area contributed by atoms with Gasteiger partial charge >= 0.3 is 0 Å². The van der Waals surface area contributed by atoms with Crippen LogP contribution in [-0.4, -0.2) is 5.78 Å². The van der Waals surface area contributed by atoms with Gasteiger partial charge in [0, 0.05) is 12.3 Å². The van der Waals surface area contributed by atoms with Crippen LogP contribution >= 0.6 is 0 Å². The van der Waals surface area contributed by atoms with Crippen molar-refractivity contribution in [1.29, 1.82) is 0 Å². The van der Waals surface area contributed by atoms with Crippen molar-refractivity contribution in [3.63, 3.8) is 0 Å². The molecule has 0 amide bonds. The molecule has 2 atom stereocenters. The summed E-state index contributed by atoms with van der Waals surface area (Å²) < 4.78 is 0. The van der Waals surface area contributed by atoms with E-state index in [1.807, 2.05) is 0 Å². The van der Waals surface area contributed by atoms with Gasteiger partial charge in [-0.15, -0.1) is 0 Å². The molecule has 1 aliphatic carbocycles. The van der Waals surface area contributed by atoms with Crippen molar-refractivity contribution in [3.05, 3.63) is 35.4 Å². The van der Waals surface area contributed by atoms with Gasteiger partial charge in [-0.25, -0.2) is 0 Å². The number of hydrogen-bond acceptors (Lipinski definition) is 1. The van der Waals surface area contributed by atoms with Gasteiger partial charge in [0.2, 0.25) is 0 Å². The van der Waals surface area contributed by atoms with E-state index < -0.39 is 0 Å². The number of hydrogen-bond donors (Lipinski definition) is 0. The lowest BCUT2D eigenvalue weighted by Crippen LogP contribution is -2.23. The minimum absolute atomic E-state index is 0.170. The maximum Gasteiger partial charge on any atom is 0.140 e. The predicted molar refractivity (Wildman–Crippen MR) is 85.1 cm³/mol. The Labute approximate surface area is 123 Å². The van der Waals surface area contributed by atoms with Crippen molar-refractivity contribution in [2.75, 3.05) is 0 Å². The van der Waals surface area contributed by atoms with E-state index in [0.29, 0.717) is 11.7 Å². The fourth-order valence-electron chi connectivity index (χ4n) is 3.36. The van der Waals surface area contributed by atoms with Crippen LogP contribution in [0.5, 0.6) is 0 Å². The van der Waals surface area contributed by atoms with Gasteiger partial charge in [-0.05, 0) is 36.3 Å². The first-order valence-electron chi connectivity index (χ1n) is 8.36. The first-order valence-corrected chi connectivity index (χ1v) is 8.36. The first-order chi connectivity index (χ1) is 9.74. The van der Waals surface area contributed by atoms with Crippen LogP contribution < -0.4 is 0 Å². The zero-order chi connectivity index (χ0) is 14.4. The van der Waals surface area contributed by atoms with Crippen LogP contribution in [0, 0.1) is 5.92 Å². The Kier molecular flexibility index (Phi) is 5.82. The number of rotatable bonds is 6. The molecule has 110 valence electrons. The maximum atomic E-state index is 12.4. The quantitative estimate of drug-likeness (QED) is 0.644. The second-order valence-electron chi connectivity index (χ2n) is 6.26. The van der Waals surface area contributed by atoms with Crippen molar-refractivity contribution < 1.29 is 4.79 Å². The molecular weight excluding hydrogens is 244 g/mol. The Morgan fingerprint density at radius 1 is 1.05 bits per heavy atom. The third-order valence-electron chi connectivity index (χ3n) is 4.75. The number of aryl methyl sites for hydroxylation is 1. The van der Waals surface area contributed by atoms with E-state index in [1.165, 1.54) is 43.2 Å². The molecule has 1 aromatic carbocycles. The van der Waals surface area contributed by atoms with Crippen molar-refractivity contribution in [2.45, 2.75) is 71.1 Å². The molecule has 1 nitrogen and oxygen atoms in total. The molecule has 1 fully saturated rings. The number of Topliss-reactive ketones (excluding diaryl/α,β-unsaturated/α-hetero) is 1. The van der Waals surface area contributed by atoms with Gasteiger partial charge < -0.3 is 0 Å². The molecule has 0 N–H and O–H groups in total. The average molecular weight is 272 g/mol. The molecule has 1 aromatic rings. The highest BCUT2D eigenvalue weighted by atomic mass is 16.1. The summed E-state index contributed by atoms with van der Waals surface area (Å²) in [6.07, 6.45) is 9.30. The zero-order valence-electron chi connectivity index (χ0n) is 13.0.